The summed E-state index contributed by atoms with van der Waals surface area (Å²) in [7, 11) is 0. The fourth-order valence-corrected chi connectivity index (χ4v) is 6.20. The molecule has 4 rings (SSSR count). The first-order valence-electron chi connectivity index (χ1n) is 15.2. The van der Waals surface area contributed by atoms with Crippen molar-refractivity contribution in [2.24, 2.45) is 5.92 Å². The molecular weight excluding hydrogens is 534 g/mol. The third-order valence-corrected chi connectivity index (χ3v) is 8.20. The molecule has 0 spiro atoms. The molecule has 0 N–H and O–H groups in total. The third-order valence-electron chi connectivity index (χ3n) is 8.20. The van der Waals surface area contributed by atoms with Crippen molar-refractivity contribution in [3.05, 3.63) is 48.6 Å². The number of hydrogen-bond donors (Lipinski definition) is 0. The highest BCUT2D eigenvalue weighted by molar-refractivity contribution is 5.74. The molecule has 9 nitrogen and oxygen atoms in total. The van der Waals surface area contributed by atoms with Crippen molar-refractivity contribution in [2.75, 3.05) is 39.3 Å². The van der Waals surface area contributed by atoms with Crippen molar-refractivity contribution < 1.29 is 28.6 Å². The average Bonchev–Trinajstić information content (AvgIpc) is 3.67. The molecule has 9 heteroatoms. The second-order valence-corrected chi connectivity index (χ2v) is 14.1. The molecule has 1 aromatic rings. The predicted molar refractivity (Wildman–Crippen MR) is 161 cm³/mol. The van der Waals surface area contributed by atoms with Crippen molar-refractivity contribution >= 4 is 18.2 Å². The number of carbonyl (C=O) groups is 3. The zero-order valence-electron chi connectivity index (χ0n) is 26.3. The van der Waals surface area contributed by atoms with Gasteiger partial charge in [0.15, 0.2) is 0 Å². The summed E-state index contributed by atoms with van der Waals surface area (Å²) in [4.78, 5) is 44.8. The Morgan fingerprint density at radius 3 is 2.19 bits per heavy atom. The summed E-state index contributed by atoms with van der Waals surface area (Å²) in [6, 6.07) is 10.5. The van der Waals surface area contributed by atoms with Gasteiger partial charge in [0.05, 0.1) is 12.0 Å². The molecule has 2 unspecified atom stereocenters. The number of likely N-dealkylation sites (tertiary alicyclic amines) is 2. The van der Waals surface area contributed by atoms with E-state index in [1.54, 1.807) is 11.0 Å². The molecule has 2 heterocycles. The molecule has 1 saturated carbocycles. The topological polar surface area (TPSA) is 88.6 Å². The molecule has 232 valence electrons. The molecule has 0 aromatic heterocycles. The van der Waals surface area contributed by atoms with Gasteiger partial charge in [-0.1, -0.05) is 43.0 Å². The van der Waals surface area contributed by atoms with Crippen molar-refractivity contribution in [3.8, 4) is 0 Å². The normalized spacial score (nSPS) is 22.5. The van der Waals surface area contributed by atoms with E-state index in [1.165, 1.54) is 5.56 Å². The number of nitrogens with zero attached hydrogens (tertiary/aromatic N) is 3. The molecule has 2 amide bonds. The summed E-state index contributed by atoms with van der Waals surface area (Å²) in [5.41, 5.74) is -0.396. The van der Waals surface area contributed by atoms with E-state index in [0.29, 0.717) is 31.5 Å². The lowest BCUT2D eigenvalue weighted by Gasteiger charge is -2.56. The lowest BCUT2D eigenvalue weighted by molar-refractivity contribution is -0.164. The van der Waals surface area contributed by atoms with E-state index in [0.717, 1.165) is 32.4 Å². The first-order chi connectivity index (χ1) is 19.7. The van der Waals surface area contributed by atoms with Crippen LogP contribution >= 0.6 is 0 Å². The van der Waals surface area contributed by atoms with Crippen LogP contribution in [0.3, 0.4) is 0 Å². The molecule has 2 atom stereocenters. The molecule has 0 radical (unpaired) electrons. The van der Waals surface area contributed by atoms with Crippen LogP contribution in [0.25, 0.3) is 0 Å². The summed E-state index contributed by atoms with van der Waals surface area (Å²) >= 11 is 0. The summed E-state index contributed by atoms with van der Waals surface area (Å²) in [6.45, 7) is 18.1. The summed E-state index contributed by atoms with van der Waals surface area (Å²) in [5.74, 6) is 0.383. The van der Waals surface area contributed by atoms with Crippen LogP contribution in [0.5, 0.6) is 0 Å². The monoisotopic (exact) mass is 583 g/mol. The second kappa shape index (κ2) is 12.7. The fraction of sp³-hybridized carbons (Fsp3) is 0.667. The van der Waals surface area contributed by atoms with Gasteiger partial charge in [0.2, 0.25) is 0 Å². The van der Waals surface area contributed by atoms with Gasteiger partial charge in [-0.2, -0.15) is 0 Å². The molecule has 1 aliphatic carbocycles. The van der Waals surface area contributed by atoms with Gasteiger partial charge in [-0.05, 0) is 85.4 Å². The van der Waals surface area contributed by atoms with Gasteiger partial charge in [-0.25, -0.2) is 9.59 Å². The minimum atomic E-state index is -0.585. The molecule has 3 fully saturated rings. The molecule has 42 heavy (non-hydrogen) atoms. The highest BCUT2D eigenvalue weighted by Crippen LogP contribution is 2.46. The van der Waals surface area contributed by atoms with E-state index in [9.17, 15) is 14.4 Å². The van der Waals surface area contributed by atoms with E-state index >= 15 is 0 Å². The fourth-order valence-electron chi connectivity index (χ4n) is 6.20. The Bertz CT molecular complexity index is 1110. The van der Waals surface area contributed by atoms with Crippen LogP contribution in [0.1, 0.15) is 78.7 Å². The number of ether oxygens (including phenoxy) is 3. The van der Waals surface area contributed by atoms with Gasteiger partial charge < -0.3 is 24.0 Å². The van der Waals surface area contributed by atoms with Crippen molar-refractivity contribution in [3.63, 3.8) is 0 Å². The van der Waals surface area contributed by atoms with E-state index < -0.39 is 16.7 Å². The van der Waals surface area contributed by atoms with E-state index in [-0.39, 0.29) is 37.2 Å². The van der Waals surface area contributed by atoms with E-state index in [1.807, 2.05) is 64.6 Å². The minimum absolute atomic E-state index is 0.135. The molecule has 0 bridgehead atoms. The number of amides is 2. The van der Waals surface area contributed by atoms with Gasteiger partial charge in [0, 0.05) is 31.6 Å². The van der Waals surface area contributed by atoms with Crippen molar-refractivity contribution in [2.45, 2.75) is 95.9 Å². The number of esters is 1. The maximum Gasteiger partial charge on any atom is 0.410 e. The highest BCUT2D eigenvalue weighted by Gasteiger charge is 2.53. The molecule has 3 aliphatic rings. The minimum Gasteiger partial charge on any atom is -0.460 e. The Balaban J connectivity index is 1.40. The zero-order chi connectivity index (χ0) is 30.7. The van der Waals surface area contributed by atoms with Gasteiger partial charge in [0.1, 0.15) is 17.8 Å². The van der Waals surface area contributed by atoms with Crippen LogP contribution in [0.15, 0.2) is 43.0 Å². The second-order valence-electron chi connectivity index (χ2n) is 14.1. The highest BCUT2D eigenvalue weighted by atomic mass is 16.6. The Morgan fingerprint density at radius 2 is 1.62 bits per heavy atom. The Kier molecular flexibility index (Phi) is 9.60. The first-order valence-corrected chi connectivity index (χ1v) is 15.2. The number of benzene rings is 1. The smallest absolute Gasteiger partial charge is 0.410 e. The van der Waals surface area contributed by atoms with Crippen molar-refractivity contribution in [1.82, 2.24) is 14.7 Å². The molecule has 2 aliphatic heterocycles. The molecule has 1 aromatic carbocycles. The Hall–Kier alpha value is -3.07. The number of hydrogen-bond acceptors (Lipinski definition) is 7. The Morgan fingerprint density at radius 1 is 1.00 bits per heavy atom. The van der Waals surface area contributed by atoms with Crippen LogP contribution in [-0.4, -0.2) is 95.0 Å². The largest absolute Gasteiger partial charge is 0.460 e. The van der Waals surface area contributed by atoms with Crippen molar-refractivity contribution in [1.29, 1.82) is 0 Å². The Labute approximate surface area is 251 Å². The standard InChI is InChI=1S/C33H49N3O6/c1-8-18-40-30(39)36(27-19-26(27)25-12-10-9-11-13-25)21-24-14-16-35(17-15-24)33(20-28(37)41-31(2,3)4)22-34(23-33)29(38)42-32(5,6)7/h8-13,24,26-27H,1,14-23H2,2-7H3. The maximum absolute atomic E-state index is 13.1. The predicted octanol–water partition coefficient (Wildman–Crippen LogP) is 5.60. The lowest BCUT2D eigenvalue weighted by atomic mass is 9.81. The third kappa shape index (κ3) is 8.27. The molecular formula is C33H49N3O6. The number of carbonyl (C=O) groups excluding carboxylic acids is 3. The summed E-state index contributed by atoms with van der Waals surface area (Å²) < 4.78 is 16.8. The van der Waals surface area contributed by atoms with Crippen LogP contribution in [-0.2, 0) is 19.0 Å². The van der Waals surface area contributed by atoms with Crippen LogP contribution < -0.4 is 0 Å². The van der Waals surface area contributed by atoms with E-state index in [2.05, 4.69) is 23.6 Å². The van der Waals surface area contributed by atoms with Gasteiger partial charge >= 0.3 is 18.2 Å². The molecule has 2 saturated heterocycles. The van der Waals surface area contributed by atoms with Crippen LogP contribution in [0.2, 0.25) is 0 Å². The van der Waals surface area contributed by atoms with Gasteiger partial charge in [-0.3, -0.25) is 9.69 Å². The maximum atomic E-state index is 13.1. The average molecular weight is 584 g/mol. The van der Waals surface area contributed by atoms with Crippen LogP contribution in [0, 0.1) is 5.92 Å². The summed E-state index contributed by atoms with van der Waals surface area (Å²) in [6.07, 6.45) is 3.88. The zero-order valence-corrected chi connectivity index (χ0v) is 26.3. The SMILES string of the molecule is C=CCOC(=O)N(CC1CCN(C2(CC(=O)OC(C)(C)C)CN(C(=O)OC(C)(C)C)C2)CC1)C1CC1c1ccccc1. The summed E-state index contributed by atoms with van der Waals surface area (Å²) in [5, 5.41) is 0. The van der Waals surface area contributed by atoms with E-state index in [4.69, 9.17) is 14.2 Å². The quantitative estimate of drug-likeness (QED) is 0.212. The lowest BCUT2D eigenvalue weighted by Crippen LogP contribution is -2.73. The van der Waals surface area contributed by atoms with Gasteiger partial charge in [-0.15, -0.1) is 0 Å². The first kappa shape index (κ1) is 31.9. The number of piperidine rings is 1. The van der Waals surface area contributed by atoms with Crippen LogP contribution in [0.4, 0.5) is 9.59 Å². The van der Waals surface area contributed by atoms with Gasteiger partial charge in [0.25, 0.3) is 0 Å². The number of rotatable bonds is 9.